The molecule has 6 heterocycles. The van der Waals surface area contributed by atoms with E-state index in [9.17, 15) is 4.79 Å². The van der Waals surface area contributed by atoms with E-state index in [4.69, 9.17) is 21.3 Å². The number of H-pyrrole nitrogens is 1. The lowest BCUT2D eigenvalue weighted by molar-refractivity contribution is 0.302. The molecule has 200 valence electrons. The van der Waals surface area contributed by atoms with Crippen LogP contribution in [0.25, 0.3) is 33.6 Å². The predicted octanol–water partition coefficient (Wildman–Crippen LogP) is 4.97. The van der Waals surface area contributed by atoms with Gasteiger partial charge in [-0.25, -0.2) is 0 Å². The Morgan fingerprint density at radius 2 is 2.00 bits per heavy atom. The number of aliphatic imine (C=N–C) groups is 1. The monoisotopic (exact) mass is 560 g/mol. The molecule has 1 N–H and O–H groups in total. The maximum atomic E-state index is 13.7. The first-order valence-corrected chi connectivity index (χ1v) is 13.9. The minimum Gasteiger partial charge on any atom is -0.488 e. The summed E-state index contributed by atoms with van der Waals surface area (Å²) in [4.78, 5) is 18.6. The molecule has 0 radical (unpaired) electrons. The average Bonchev–Trinajstić information content (AvgIpc) is 3.50. The van der Waals surface area contributed by atoms with Crippen LogP contribution in [-0.2, 0) is 6.61 Å². The summed E-state index contributed by atoms with van der Waals surface area (Å²) in [5, 5.41) is 19.4. The van der Waals surface area contributed by atoms with Gasteiger partial charge in [0.05, 0.1) is 23.6 Å². The number of aromatic amines is 1. The highest BCUT2D eigenvalue weighted by molar-refractivity contribution is 6.31. The molecule has 41 heavy (non-hydrogen) atoms. The SMILES string of the molecule is O=c1cc(-c2cc(Cl)ccc2-n2cnnn2)cc2n1C(C1=NC=C(c3ccc4c(c3)OCc3cn[nH]c3-4)C1)C1CC21. The molecule has 3 atom stereocenters. The summed E-state index contributed by atoms with van der Waals surface area (Å²) in [6.07, 6.45) is 7.04. The van der Waals surface area contributed by atoms with Crippen molar-refractivity contribution in [1.29, 1.82) is 0 Å². The smallest absolute Gasteiger partial charge is 0.251 e. The van der Waals surface area contributed by atoms with E-state index < -0.39 is 0 Å². The predicted molar refractivity (Wildman–Crippen MR) is 152 cm³/mol. The Labute approximate surface area is 238 Å². The second-order valence-corrected chi connectivity index (χ2v) is 11.4. The van der Waals surface area contributed by atoms with Crippen molar-refractivity contribution in [2.75, 3.05) is 0 Å². The Hall–Kier alpha value is -4.83. The van der Waals surface area contributed by atoms with Crippen LogP contribution in [0.5, 0.6) is 5.75 Å². The molecule has 11 heteroatoms. The molecule has 9 rings (SSSR count). The first-order valence-electron chi connectivity index (χ1n) is 13.5. The van der Waals surface area contributed by atoms with Gasteiger partial charge < -0.3 is 9.30 Å². The third-order valence-electron chi connectivity index (χ3n) is 8.69. The lowest BCUT2D eigenvalue weighted by Crippen LogP contribution is -2.29. The van der Waals surface area contributed by atoms with Gasteiger partial charge in [0.1, 0.15) is 18.7 Å². The van der Waals surface area contributed by atoms with Gasteiger partial charge in [-0.2, -0.15) is 9.78 Å². The van der Waals surface area contributed by atoms with Crippen molar-refractivity contribution >= 4 is 22.9 Å². The molecule has 3 aromatic heterocycles. The van der Waals surface area contributed by atoms with Gasteiger partial charge in [-0.1, -0.05) is 17.7 Å². The number of nitrogens with zero attached hydrogens (tertiary/aromatic N) is 7. The number of ether oxygens (including phenoxy) is 1. The number of aromatic nitrogens is 7. The molecule has 2 aromatic carbocycles. The summed E-state index contributed by atoms with van der Waals surface area (Å²) in [5.74, 6) is 1.57. The minimum absolute atomic E-state index is 0.0361. The summed E-state index contributed by atoms with van der Waals surface area (Å²) >= 11 is 6.37. The van der Waals surface area contributed by atoms with Gasteiger partial charge in [0.15, 0.2) is 0 Å². The molecule has 0 saturated heterocycles. The van der Waals surface area contributed by atoms with Crippen LogP contribution in [0.2, 0.25) is 5.02 Å². The lowest BCUT2D eigenvalue weighted by Gasteiger charge is -2.20. The summed E-state index contributed by atoms with van der Waals surface area (Å²) in [6.45, 7) is 0.502. The maximum Gasteiger partial charge on any atom is 0.251 e. The van der Waals surface area contributed by atoms with Crippen molar-refractivity contribution in [2.45, 2.75) is 31.4 Å². The van der Waals surface area contributed by atoms with Crippen LogP contribution in [0.1, 0.15) is 41.6 Å². The van der Waals surface area contributed by atoms with Gasteiger partial charge in [-0.05, 0) is 75.9 Å². The molecule has 5 aromatic rings. The number of nitrogens with one attached hydrogen (secondary N) is 1. The molecule has 0 spiro atoms. The summed E-state index contributed by atoms with van der Waals surface area (Å²) in [7, 11) is 0. The highest BCUT2D eigenvalue weighted by Crippen LogP contribution is 2.60. The molecule has 3 unspecified atom stereocenters. The van der Waals surface area contributed by atoms with Crippen molar-refractivity contribution in [1.82, 2.24) is 35.0 Å². The zero-order chi connectivity index (χ0) is 27.2. The van der Waals surface area contributed by atoms with Gasteiger partial charge in [0, 0.05) is 57.7 Å². The van der Waals surface area contributed by atoms with Crippen molar-refractivity contribution in [3.8, 4) is 33.8 Å². The Morgan fingerprint density at radius 3 is 2.90 bits per heavy atom. The molecule has 0 amide bonds. The lowest BCUT2D eigenvalue weighted by atomic mass is 9.95. The topological polar surface area (TPSA) is 116 Å². The molecule has 1 aliphatic carbocycles. The molecule has 1 saturated carbocycles. The Balaban J connectivity index is 1.03. The van der Waals surface area contributed by atoms with Gasteiger partial charge in [0.2, 0.25) is 0 Å². The third kappa shape index (κ3) is 3.43. The van der Waals surface area contributed by atoms with Crippen molar-refractivity contribution in [3.05, 3.63) is 99.5 Å². The number of hydrogen-bond donors (Lipinski definition) is 1. The number of tetrazole rings is 1. The molecule has 3 aliphatic heterocycles. The van der Waals surface area contributed by atoms with E-state index in [1.807, 2.05) is 29.1 Å². The Morgan fingerprint density at radius 1 is 1.05 bits per heavy atom. The quantitative estimate of drug-likeness (QED) is 0.332. The summed E-state index contributed by atoms with van der Waals surface area (Å²) in [6, 6.07) is 15.6. The van der Waals surface area contributed by atoms with E-state index in [1.165, 1.54) is 6.33 Å². The summed E-state index contributed by atoms with van der Waals surface area (Å²) < 4.78 is 9.55. The van der Waals surface area contributed by atoms with E-state index >= 15 is 0 Å². The highest BCUT2D eigenvalue weighted by atomic mass is 35.5. The zero-order valence-electron chi connectivity index (χ0n) is 21.5. The van der Waals surface area contributed by atoms with Crippen LogP contribution in [0.3, 0.4) is 0 Å². The van der Waals surface area contributed by atoms with Crippen LogP contribution < -0.4 is 10.3 Å². The number of halogens is 1. The van der Waals surface area contributed by atoms with Crippen LogP contribution in [0.15, 0.2) is 77.0 Å². The Bertz CT molecular complexity index is 2020. The van der Waals surface area contributed by atoms with Gasteiger partial charge in [0.25, 0.3) is 5.56 Å². The largest absolute Gasteiger partial charge is 0.488 e. The van der Waals surface area contributed by atoms with Gasteiger partial charge in [-0.3, -0.25) is 14.9 Å². The second kappa shape index (κ2) is 8.34. The zero-order valence-corrected chi connectivity index (χ0v) is 22.3. The first kappa shape index (κ1) is 22.9. The number of hydrogen-bond acceptors (Lipinski definition) is 7. The van der Waals surface area contributed by atoms with Crippen molar-refractivity contribution in [3.63, 3.8) is 0 Å². The van der Waals surface area contributed by atoms with Crippen molar-refractivity contribution < 1.29 is 4.74 Å². The Kier molecular flexibility index (Phi) is 4.66. The fraction of sp³-hybridized carbons (Fsp3) is 0.200. The summed E-state index contributed by atoms with van der Waals surface area (Å²) in [5.41, 5.74) is 9.73. The first-order chi connectivity index (χ1) is 20.1. The van der Waals surface area contributed by atoms with E-state index in [0.29, 0.717) is 29.9 Å². The molecule has 10 nitrogen and oxygen atoms in total. The average molecular weight is 561 g/mol. The molecule has 1 fully saturated rings. The van der Waals surface area contributed by atoms with Gasteiger partial charge in [-0.15, -0.1) is 5.10 Å². The third-order valence-corrected chi connectivity index (χ3v) is 8.92. The standard InChI is InChI=1S/C30H21ClN8O2/c31-19-2-4-25(38-14-34-36-37-38)21(9-19)16-6-26-22-10-23(22)30(39(26)28(40)8-16)24-5-17(11-32-24)15-1-3-20-27(7-15)41-13-18-12-33-35-29(18)20/h1-4,6-9,11-12,14,22-23,30H,5,10,13H2,(H,33,35). The fourth-order valence-corrected chi connectivity index (χ4v) is 6.88. The molecular weight excluding hydrogens is 540 g/mol. The van der Waals surface area contributed by atoms with Crippen LogP contribution in [-0.4, -0.2) is 40.7 Å². The number of pyridine rings is 1. The highest BCUT2D eigenvalue weighted by Gasteiger charge is 2.54. The second-order valence-electron chi connectivity index (χ2n) is 11.0. The molecule has 4 aliphatic rings. The van der Waals surface area contributed by atoms with E-state index in [1.54, 1.807) is 16.8 Å². The van der Waals surface area contributed by atoms with Crippen molar-refractivity contribution in [2.24, 2.45) is 10.9 Å². The van der Waals surface area contributed by atoms with Crippen LogP contribution >= 0.6 is 11.6 Å². The molecular formula is C30H21ClN8O2. The van der Waals surface area contributed by atoms with E-state index in [2.05, 4.69) is 50.0 Å². The molecule has 0 bridgehead atoms. The maximum absolute atomic E-state index is 13.7. The number of benzene rings is 2. The minimum atomic E-state index is -0.0370. The normalized spacial score (nSPS) is 21.3. The number of fused-ring (bicyclic) bond motifs is 6. The van der Waals surface area contributed by atoms with Crippen LogP contribution in [0, 0.1) is 5.92 Å². The van der Waals surface area contributed by atoms with E-state index in [-0.39, 0.29) is 11.6 Å². The van der Waals surface area contributed by atoms with Crippen LogP contribution in [0.4, 0.5) is 0 Å². The van der Waals surface area contributed by atoms with Gasteiger partial charge >= 0.3 is 0 Å². The fourth-order valence-electron chi connectivity index (χ4n) is 6.70. The number of allylic oxidation sites excluding steroid dienone is 1. The number of rotatable bonds is 4. The van der Waals surface area contributed by atoms with E-state index in [0.717, 1.165) is 68.3 Å².